The van der Waals surface area contributed by atoms with E-state index in [-0.39, 0.29) is 32.9 Å². The number of para-hydroxylation sites is 1. The molecular weight excluding hydrogens is 403 g/mol. The molecule has 0 bridgehead atoms. The number of nitrogens with zero attached hydrogens (tertiary/aromatic N) is 1. The lowest BCUT2D eigenvalue weighted by atomic mass is 10.1. The van der Waals surface area contributed by atoms with Crippen LogP contribution in [-0.2, 0) is 0 Å². The second-order valence-corrected chi connectivity index (χ2v) is 5.66. The maximum Gasteiger partial charge on any atom is 0.419 e. The van der Waals surface area contributed by atoms with Crippen molar-refractivity contribution in [3.8, 4) is 17.2 Å². The predicted octanol–water partition coefficient (Wildman–Crippen LogP) is 3.85. The smallest absolute Gasteiger partial charge is 0.419 e. The van der Waals surface area contributed by atoms with Crippen LogP contribution in [0.5, 0.6) is 17.2 Å². The van der Waals surface area contributed by atoms with Crippen molar-refractivity contribution in [1.82, 2.24) is 5.32 Å². The van der Waals surface area contributed by atoms with Crippen molar-refractivity contribution in [2.45, 2.75) is 0 Å². The molecule has 0 saturated heterocycles. The number of amides is 2. The van der Waals surface area contributed by atoms with E-state index < -0.39 is 22.6 Å². The highest BCUT2D eigenvalue weighted by Crippen LogP contribution is 2.37. The molecule has 0 unspecified atom stereocenters. The molecule has 0 fully saturated rings. The van der Waals surface area contributed by atoms with Gasteiger partial charge in [0.05, 0.1) is 29.2 Å². The van der Waals surface area contributed by atoms with Gasteiger partial charge in [0.25, 0.3) is 5.91 Å². The van der Waals surface area contributed by atoms with Crippen molar-refractivity contribution in [1.29, 1.82) is 0 Å². The Labute approximate surface area is 162 Å². The third-order valence-corrected chi connectivity index (χ3v) is 3.87. The van der Waals surface area contributed by atoms with E-state index in [1.807, 2.05) is 5.32 Å². The Morgan fingerprint density at radius 3 is 2.19 bits per heavy atom. The fourth-order valence-corrected chi connectivity index (χ4v) is 2.62. The number of nitrogens with one attached hydrogen (secondary N) is 1. The Kier molecular flexibility index (Phi) is 6.43. The SMILES string of the molecule is COc1ccc([N+](=O)[O-])c(OC)c1C(=O)NC(=O)Oc1c(Cl)cccc1Cl. The Balaban J connectivity index is 2.33. The molecule has 0 heterocycles. The number of rotatable bonds is 5. The van der Waals surface area contributed by atoms with Gasteiger partial charge in [0.2, 0.25) is 5.75 Å². The third-order valence-electron chi connectivity index (χ3n) is 3.28. The summed E-state index contributed by atoms with van der Waals surface area (Å²) in [5, 5.41) is 13.1. The van der Waals surface area contributed by atoms with Crippen molar-refractivity contribution in [3.63, 3.8) is 0 Å². The van der Waals surface area contributed by atoms with Crippen LogP contribution in [0.4, 0.5) is 10.5 Å². The van der Waals surface area contributed by atoms with Gasteiger partial charge in [-0.15, -0.1) is 0 Å². The van der Waals surface area contributed by atoms with E-state index in [0.29, 0.717) is 0 Å². The van der Waals surface area contributed by atoms with E-state index in [1.165, 1.54) is 25.3 Å². The number of imide groups is 1. The van der Waals surface area contributed by atoms with Crippen LogP contribution in [0.25, 0.3) is 0 Å². The summed E-state index contributed by atoms with van der Waals surface area (Å²) in [5.41, 5.74) is -0.831. The topological polar surface area (TPSA) is 117 Å². The van der Waals surface area contributed by atoms with E-state index in [0.717, 1.165) is 13.2 Å². The normalized spacial score (nSPS) is 10.1. The number of nitro benzene ring substituents is 1. The van der Waals surface area contributed by atoms with Gasteiger partial charge in [-0.3, -0.25) is 20.2 Å². The molecule has 0 atom stereocenters. The predicted molar refractivity (Wildman–Crippen MR) is 96.2 cm³/mol. The van der Waals surface area contributed by atoms with Gasteiger partial charge in [-0.2, -0.15) is 0 Å². The first kappa shape index (κ1) is 20.3. The molecule has 0 spiro atoms. The molecule has 0 aromatic heterocycles. The number of ether oxygens (including phenoxy) is 3. The highest BCUT2D eigenvalue weighted by molar-refractivity contribution is 6.37. The first-order valence-electron chi connectivity index (χ1n) is 7.16. The van der Waals surface area contributed by atoms with Gasteiger partial charge in [-0.05, 0) is 18.2 Å². The molecule has 2 amide bonds. The molecule has 27 heavy (non-hydrogen) atoms. The van der Waals surface area contributed by atoms with Crippen molar-refractivity contribution in [2.24, 2.45) is 0 Å². The van der Waals surface area contributed by atoms with E-state index in [2.05, 4.69) is 0 Å². The first-order valence-corrected chi connectivity index (χ1v) is 7.92. The Hall–Kier alpha value is -3.04. The molecular formula is C16H12Cl2N2O7. The van der Waals surface area contributed by atoms with Crippen LogP contribution in [0, 0.1) is 10.1 Å². The lowest BCUT2D eigenvalue weighted by molar-refractivity contribution is -0.385. The van der Waals surface area contributed by atoms with Gasteiger partial charge < -0.3 is 14.2 Å². The van der Waals surface area contributed by atoms with Crippen LogP contribution in [-0.4, -0.2) is 31.1 Å². The summed E-state index contributed by atoms with van der Waals surface area (Å²) in [6.45, 7) is 0. The van der Waals surface area contributed by atoms with Crippen molar-refractivity contribution in [2.75, 3.05) is 14.2 Å². The van der Waals surface area contributed by atoms with Gasteiger partial charge >= 0.3 is 11.8 Å². The molecule has 1 N–H and O–H groups in total. The summed E-state index contributed by atoms with van der Waals surface area (Å²) < 4.78 is 14.9. The molecule has 0 aliphatic rings. The lowest BCUT2D eigenvalue weighted by Gasteiger charge is -2.13. The average molecular weight is 415 g/mol. The number of hydrogen-bond acceptors (Lipinski definition) is 7. The second-order valence-electron chi connectivity index (χ2n) is 4.85. The second kappa shape index (κ2) is 8.56. The fraction of sp³-hybridized carbons (Fsp3) is 0.125. The molecule has 9 nitrogen and oxygen atoms in total. The quantitative estimate of drug-likeness (QED) is 0.582. The standard InChI is InChI=1S/C16H12Cl2N2O7/c1-25-11-7-6-10(20(23)24)14(26-2)12(11)15(21)19-16(22)27-13-8(17)4-3-5-9(13)18/h3-7H,1-2H3,(H,19,21,22). The van der Waals surface area contributed by atoms with Gasteiger partial charge in [0, 0.05) is 6.07 Å². The van der Waals surface area contributed by atoms with Gasteiger partial charge in [0.15, 0.2) is 5.75 Å². The summed E-state index contributed by atoms with van der Waals surface area (Å²) in [5.74, 6) is -1.61. The van der Waals surface area contributed by atoms with Crippen molar-refractivity contribution in [3.05, 3.63) is 56.1 Å². The van der Waals surface area contributed by atoms with E-state index in [9.17, 15) is 19.7 Å². The Bertz CT molecular complexity index is 898. The molecule has 0 saturated carbocycles. The monoisotopic (exact) mass is 414 g/mol. The molecule has 2 rings (SSSR count). The number of nitro groups is 1. The highest BCUT2D eigenvalue weighted by atomic mass is 35.5. The van der Waals surface area contributed by atoms with Crippen LogP contribution in [0.1, 0.15) is 10.4 Å². The van der Waals surface area contributed by atoms with Crippen molar-refractivity contribution < 1.29 is 28.7 Å². The van der Waals surface area contributed by atoms with E-state index in [4.69, 9.17) is 37.4 Å². The fourth-order valence-electron chi connectivity index (χ4n) is 2.14. The first-order chi connectivity index (χ1) is 12.8. The van der Waals surface area contributed by atoms with Crippen LogP contribution in [0.2, 0.25) is 10.0 Å². The molecule has 0 aliphatic heterocycles. The summed E-state index contributed by atoms with van der Waals surface area (Å²) in [6.07, 6.45) is -1.20. The summed E-state index contributed by atoms with van der Waals surface area (Å²) in [7, 11) is 2.39. The molecule has 0 aliphatic carbocycles. The Morgan fingerprint density at radius 2 is 1.67 bits per heavy atom. The van der Waals surface area contributed by atoms with Crippen LogP contribution < -0.4 is 19.5 Å². The minimum absolute atomic E-state index is 0.0430. The summed E-state index contributed by atoms with van der Waals surface area (Å²) >= 11 is 11.8. The van der Waals surface area contributed by atoms with Crippen molar-refractivity contribution >= 4 is 40.9 Å². The number of benzene rings is 2. The maximum absolute atomic E-state index is 12.5. The number of carbonyl (C=O) groups is 2. The van der Waals surface area contributed by atoms with E-state index >= 15 is 0 Å². The summed E-state index contributed by atoms with van der Waals surface area (Å²) in [4.78, 5) is 34.9. The largest absolute Gasteiger partial charge is 0.496 e. The molecule has 2 aromatic carbocycles. The van der Waals surface area contributed by atoms with Gasteiger partial charge in [0.1, 0.15) is 11.3 Å². The molecule has 11 heteroatoms. The zero-order chi connectivity index (χ0) is 20.1. The van der Waals surface area contributed by atoms with Gasteiger partial charge in [-0.25, -0.2) is 4.79 Å². The summed E-state index contributed by atoms with van der Waals surface area (Å²) in [6, 6.07) is 6.72. The number of hydrogen-bond donors (Lipinski definition) is 1. The minimum atomic E-state index is -1.20. The zero-order valence-electron chi connectivity index (χ0n) is 13.9. The number of methoxy groups -OCH3 is 2. The number of carbonyl (C=O) groups excluding carboxylic acids is 2. The number of halogens is 2. The van der Waals surface area contributed by atoms with E-state index in [1.54, 1.807) is 6.07 Å². The maximum atomic E-state index is 12.5. The third kappa shape index (κ3) is 4.39. The minimum Gasteiger partial charge on any atom is -0.496 e. The lowest BCUT2D eigenvalue weighted by Crippen LogP contribution is -2.33. The average Bonchev–Trinajstić information content (AvgIpc) is 2.63. The Morgan fingerprint density at radius 1 is 1.04 bits per heavy atom. The van der Waals surface area contributed by atoms with Gasteiger partial charge in [-0.1, -0.05) is 29.3 Å². The van der Waals surface area contributed by atoms with Crippen LogP contribution >= 0.6 is 23.2 Å². The zero-order valence-corrected chi connectivity index (χ0v) is 15.5. The van der Waals surface area contributed by atoms with Crippen LogP contribution in [0.3, 0.4) is 0 Å². The molecule has 0 radical (unpaired) electrons. The highest BCUT2D eigenvalue weighted by Gasteiger charge is 2.29. The van der Waals surface area contributed by atoms with Crippen LogP contribution in [0.15, 0.2) is 30.3 Å². The molecule has 142 valence electrons. The molecule has 2 aromatic rings.